The molecule has 0 spiro atoms. The molecule has 106 valence electrons. The van der Waals surface area contributed by atoms with E-state index in [1.807, 2.05) is 0 Å². The maximum absolute atomic E-state index is 10.9. The molecule has 0 N–H and O–H groups in total. The summed E-state index contributed by atoms with van der Waals surface area (Å²) >= 11 is 5.74. The van der Waals surface area contributed by atoms with Gasteiger partial charge in [-0.05, 0) is 18.4 Å². The smallest absolute Gasteiger partial charge is 0.331 e. The fourth-order valence-corrected chi connectivity index (χ4v) is 1.89. The van der Waals surface area contributed by atoms with Gasteiger partial charge in [0.25, 0.3) is 5.88 Å². The van der Waals surface area contributed by atoms with Crippen LogP contribution in [0.2, 0.25) is 5.15 Å². The number of rotatable bonds is 8. The molecule has 0 aliphatic rings. The molecule has 1 aromatic heterocycles. The van der Waals surface area contributed by atoms with Gasteiger partial charge in [0.2, 0.25) is 0 Å². The van der Waals surface area contributed by atoms with E-state index in [0.717, 1.165) is 25.7 Å². The number of ether oxygens (including phenoxy) is 1. The Kier molecular flexibility index (Phi) is 6.56. The van der Waals surface area contributed by atoms with Crippen molar-refractivity contribution in [2.45, 2.75) is 39.5 Å². The topological polar surface area (TPSA) is 65.3 Å². The molecular formula is C13H19ClN2O3. The van der Waals surface area contributed by atoms with Crippen molar-refractivity contribution < 1.29 is 9.66 Å². The summed E-state index contributed by atoms with van der Waals surface area (Å²) in [4.78, 5) is 14.2. The first kappa shape index (κ1) is 15.7. The third kappa shape index (κ3) is 5.03. The first-order valence-corrected chi connectivity index (χ1v) is 6.90. The molecule has 6 heteroatoms. The Bertz CT molecular complexity index is 426. The minimum atomic E-state index is -0.508. The van der Waals surface area contributed by atoms with Crippen LogP contribution in [0.3, 0.4) is 0 Å². The van der Waals surface area contributed by atoms with E-state index in [1.165, 1.54) is 12.1 Å². The molecule has 1 atom stereocenters. The summed E-state index contributed by atoms with van der Waals surface area (Å²) in [5, 5.41) is 11.1. The molecule has 1 heterocycles. The van der Waals surface area contributed by atoms with E-state index in [2.05, 4.69) is 18.8 Å². The Morgan fingerprint density at radius 1 is 1.47 bits per heavy atom. The molecule has 1 rings (SSSR count). The molecule has 0 saturated heterocycles. The maximum atomic E-state index is 10.9. The third-order valence-electron chi connectivity index (χ3n) is 3.00. The number of aromatic nitrogens is 1. The molecule has 19 heavy (non-hydrogen) atoms. The first-order chi connectivity index (χ1) is 9.08. The Hall–Kier alpha value is -1.36. The van der Waals surface area contributed by atoms with E-state index in [-0.39, 0.29) is 16.7 Å². The van der Waals surface area contributed by atoms with Crippen LogP contribution >= 0.6 is 11.6 Å². The number of nitrogens with zero attached hydrogens (tertiary/aromatic N) is 2. The van der Waals surface area contributed by atoms with E-state index < -0.39 is 4.92 Å². The Morgan fingerprint density at radius 3 is 2.79 bits per heavy atom. The van der Waals surface area contributed by atoms with Crippen LogP contribution in [0.5, 0.6) is 5.88 Å². The number of hydrogen-bond donors (Lipinski definition) is 0. The monoisotopic (exact) mass is 286 g/mol. The van der Waals surface area contributed by atoms with Gasteiger partial charge in [0.15, 0.2) is 0 Å². The number of pyridine rings is 1. The number of nitro groups is 1. The van der Waals surface area contributed by atoms with Crippen LogP contribution in [-0.2, 0) is 0 Å². The highest BCUT2D eigenvalue weighted by Crippen LogP contribution is 2.27. The third-order valence-corrected chi connectivity index (χ3v) is 3.21. The lowest BCUT2D eigenvalue weighted by Crippen LogP contribution is -2.12. The van der Waals surface area contributed by atoms with Crippen LogP contribution < -0.4 is 4.74 Å². The summed E-state index contributed by atoms with van der Waals surface area (Å²) in [6.07, 6.45) is 4.30. The van der Waals surface area contributed by atoms with Gasteiger partial charge in [0.05, 0.1) is 11.5 Å². The summed E-state index contributed by atoms with van der Waals surface area (Å²) in [6.45, 7) is 4.66. The van der Waals surface area contributed by atoms with E-state index >= 15 is 0 Å². The van der Waals surface area contributed by atoms with E-state index in [9.17, 15) is 10.1 Å². The van der Waals surface area contributed by atoms with Gasteiger partial charge in [-0.15, -0.1) is 0 Å². The van der Waals surface area contributed by atoms with Crippen LogP contribution in [0, 0.1) is 16.0 Å². The minimum Gasteiger partial charge on any atom is -0.472 e. The SMILES string of the molecule is CCCCC(CC)COc1nc(Cl)ccc1[N+](=O)[O-]. The van der Waals surface area contributed by atoms with E-state index in [1.54, 1.807) is 0 Å². The lowest BCUT2D eigenvalue weighted by atomic mass is 10.0. The molecule has 0 amide bonds. The number of hydrogen-bond acceptors (Lipinski definition) is 4. The molecule has 0 fully saturated rings. The second-order valence-electron chi connectivity index (χ2n) is 4.44. The van der Waals surface area contributed by atoms with E-state index in [4.69, 9.17) is 16.3 Å². The predicted molar refractivity (Wildman–Crippen MR) is 74.7 cm³/mol. The van der Waals surface area contributed by atoms with Gasteiger partial charge in [-0.2, -0.15) is 4.98 Å². The number of halogens is 1. The second-order valence-corrected chi connectivity index (χ2v) is 4.83. The molecular weight excluding hydrogens is 268 g/mol. The highest BCUT2D eigenvalue weighted by atomic mass is 35.5. The maximum Gasteiger partial charge on any atom is 0.331 e. The van der Waals surface area contributed by atoms with Crippen molar-refractivity contribution in [3.63, 3.8) is 0 Å². The van der Waals surface area contributed by atoms with Gasteiger partial charge < -0.3 is 4.74 Å². The quantitative estimate of drug-likeness (QED) is 0.407. The van der Waals surface area contributed by atoms with Gasteiger partial charge in [-0.25, -0.2) is 0 Å². The zero-order valence-corrected chi connectivity index (χ0v) is 12.0. The summed E-state index contributed by atoms with van der Waals surface area (Å²) in [5.74, 6) is 0.396. The molecule has 0 saturated carbocycles. The van der Waals surface area contributed by atoms with Crippen molar-refractivity contribution in [2.24, 2.45) is 5.92 Å². The van der Waals surface area contributed by atoms with Gasteiger partial charge >= 0.3 is 5.69 Å². The van der Waals surface area contributed by atoms with Crippen LogP contribution in [0.4, 0.5) is 5.69 Å². The van der Waals surface area contributed by atoms with Crippen molar-refractivity contribution in [3.05, 3.63) is 27.4 Å². The predicted octanol–water partition coefficient (Wildman–Crippen LogP) is 4.24. The molecule has 0 bridgehead atoms. The molecule has 0 aliphatic heterocycles. The Morgan fingerprint density at radius 2 is 2.21 bits per heavy atom. The van der Waals surface area contributed by atoms with Crippen molar-refractivity contribution in [1.82, 2.24) is 4.98 Å². The second kappa shape index (κ2) is 7.94. The molecule has 0 radical (unpaired) electrons. The number of unbranched alkanes of at least 4 members (excludes halogenated alkanes) is 1. The lowest BCUT2D eigenvalue weighted by Gasteiger charge is -2.14. The van der Waals surface area contributed by atoms with Crippen LogP contribution in [-0.4, -0.2) is 16.5 Å². The zero-order chi connectivity index (χ0) is 14.3. The fourth-order valence-electron chi connectivity index (χ4n) is 1.75. The first-order valence-electron chi connectivity index (χ1n) is 6.52. The van der Waals surface area contributed by atoms with Crippen LogP contribution in [0.25, 0.3) is 0 Å². The molecule has 0 aromatic carbocycles. The summed E-state index contributed by atoms with van der Waals surface area (Å²) < 4.78 is 5.49. The van der Waals surface area contributed by atoms with Gasteiger partial charge in [0, 0.05) is 6.07 Å². The molecule has 1 unspecified atom stereocenters. The summed E-state index contributed by atoms with van der Waals surface area (Å²) in [6, 6.07) is 2.71. The van der Waals surface area contributed by atoms with Gasteiger partial charge in [-0.3, -0.25) is 10.1 Å². The molecule has 5 nitrogen and oxygen atoms in total. The van der Waals surface area contributed by atoms with Crippen molar-refractivity contribution in [1.29, 1.82) is 0 Å². The van der Waals surface area contributed by atoms with E-state index in [0.29, 0.717) is 12.5 Å². The van der Waals surface area contributed by atoms with Gasteiger partial charge in [0.1, 0.15) is 5.15 Å². The van der Waals surface area contributed by atoms with Crippen LogP contribution in [0.1, 0.15) is 39.5 Å². The fraction of sp³-hybridized carbons (Fsp3) is 0.615. The van der Waals surface area contributed by atoms with Crippen molar-refractivity contribution in [2.75, 3.05) is 6.61 Å². The minimum absolute atomic E-state index is 0.00690. The highest BCUT2D eigenvalue weighted by molar-refractivity contribution is 6.29. The zero-order valence-electron chi connectivity index (χ0n) is 11.3. The largest absolute Gasteiger partial charge is 0.472 e. The normalized spacial score (nSPS) is 12.2. The van der Waals surface area contributed by atoms with Crippen molar-refractivity contribution >= 4 is 17.3 Å². The summed E-state index contributed by atoms with van der Waals surface area (Å²) in [5.41, 5.74) is -0.144. The average Bonchev–Trinajstić information content (AvgIpc) is 2.38. The van der Waals surface area contributed by atoms with Gasteiger partial charge in [-0.1, -0.05) is 44.7 Å². The average molecular weight is 287 g/mol. The summed E-state index contributed by atoms with van der Waals surface area (Å²) in [7, 11) is 0. The van der Waals surface area contributed by atoms with Crippen molar-refractivity contribution in [3.8, 4) is 5.88 Å². The Balaban J connectivity index is 2.70. The lowest BCUT2D eigenvalue weighted by molar-refractivity contribution is -0.386. The van der Waals surface area contributed by atoms with Crippen LogP contribution in [0.15, 0.2) is 12.1 Å². The standard InChI is InChI=1S/C13H19ClN2O3/c1-3-5-6-10(4-2)9-19-13-11(16(17)18)7-8-12(14)15-13/h7-8,10H,3-6,9H2,1-2H3. The molecule has 0 aliphatic carbocycles. The Labute approximate surface area is 118 Å². The highest BCUT2D eigenvalue weighted by Gasteiger charge is 2.18. The molecule has 1 aromatic rings.